The maximum atomic E-state index is 13.1. The van der Waals surface area contributed by atoms with Gasteiger partial charge in [-0.3, -0.25) is 24.7 Å². The highest BCUT2D eigenvalue weighted by Gasteiger charge is 2.43. The number of amides is 3. The van der Waals surface area contributed by atoms with Gasteiger partial charge in [-0.05, 0) is 17.7 Å². The number of benzene rings is 2. The number of ether oxygens (including phenoxy) is 1. The molecule has 2 aliphatic rings. The third kappa shape index (κ3) is 3.54. The van der Waals surface area contributed by atoms with E-state index >= 15 is 0 Å². The van der Waals surface area contributed by atoms with Crippen LogP contribution in [0.1, 0.15) is 26.3 Å². The lowest BCUT2D eigenvalue weighted by atomic mass is 10.0. The Hall–Kier alpha value is -3.03. The van der Waals surface area contributed by atoms with E-state index in [-0.39, 0.29) is 12.3 Å². The van der Waals surface area contributed by atoms with Gasteiger partial charge in [0.25, 0.3) is 17.7 Å². The number of carbonyl (C=O) groups excluding carboxylic acids is 3. The van der Waals surface area contributed by atoms with Gasteiger partial charge in [-0.2, -0.15) is 0 Å². The molecule has 1 N–H and O–H groups in total. The zero-order valence-electron chi connectivity index (χ0n) is 15.3. The van der Waals surface area contributed by atoms with E-state index in [2.05, 4.69) is 5.43 Å². The van der Waals surface area contributed by atoms with Gasteiger partial charge in [-0.25, -0.2) is 5.01 Å². The fourth-order valence-electron chi connectivity index (χ4n) is 3.54. The molecule has 2 aliphatic heterocycles. The zero-order chi connectivity index (χ0) is 19.5. The van der Waals surface area contributed by atoms with Crippen LogP contribution in [0.2, 0.25) is 0 Å². The van der Waals surface area contributed by atoms with Gasteiger partial charge in [0.1, 0.15) is 6.04 Å². The van der Waals surface area contributed by atoms with E-state index in [9.17, 15) is 14.4 Å². The van der Waals surface area contributed by atoms with Gasteiger partial charge in [0, 0.05) is 19.5 Å². The molecule has 0 bridgehead atoms. The first-order chi connectivity index (χ1) is 13.6. The highest BCUT2D eigenvalue weighted by molar-refractivity contribution is 6.22. The van der Waals surface area contributed by atoms with E-state index in [1.807, 2.05) is 30.3 Å². The Morgan fingerprint density at radius 3 is 2.11 bits per heavy atom. The molecule has 0 spiro atoms. The second kappa shape index (κ2) is 7.92. The summed E-state index contributed by atoms with van der Waals surface area (Å²) >= 11 is 0. The molecule has 28 heavy (non-hydrogen) atoms. The minimum absolute atomic E-state index is 0.252. The van der Waals surface area contributed by atoms with Gasteiger partial charge in [0.05, 0.1) is 24.3 Å². The first kappa shape index (κ1) is 18.3. The van der Waals surface area contributed by atoms with Crippen molar-refractivity contribution in [2.24, 2.45) is 0 Å². The Balaban J connectivity index is 1.62. The van der Waals surface area contributed by atoms with Crippen LogP contribution < -0.4 is 5.43 Å². The lowest BCUT2D eigenvalue weighted by Gasteiger charge is -2.31. The Bertz CT molecular complexity index is 859. The van der Waals surface area contributed by atoms with Crippen LogP contribution in [0, 0.1) is 0 Å². The van der Waals surface area contributed by atoms with Crippen molar-refractivity contribution in [1.82, 2.24) is 15.3 Å². The van der Waals surface area contributed by atoms with Crippen LogP contribution in [-0.4, -0.2) is 60.0 Å². The summed E-state index contributed by atoms with van der Waals surface area (Å²) in [6, 6.07) is 15.1. The summed E-state index contributed by atoms with van der Waals surface area (Å²) in [6.45, 7) is 2.17. The van der Waals surface area contributed by atoms with Crippen LogP contribution in [0.4, 0.5) is 0 Å². The molecule has 0 radical (unpaired) electrons. The number of rotatable bonds is 5. The average molecular weight is 379 g/mol. The first-order valence-corrected chi connectivity index (χ1v) is 9.29. The van der Waals surface area contributed by atoms with Crippen molar-refractivity contribution in [3.8, 4) is 0 Å². The first-order valence-electron chi connectivity index (χ1n) is 9.29. The topological polar surface area (TPSA) is 79.0 Å². The summed E-state index contributed by atoms with van der Waals surface area (Å²) in [7, 11) is 0. The Kier molecular flexibility index (Phi) is 5.18. The smallest absolute Gasteiger partial charge is 0.262 e. The molecule has 1 saturated heterocycles. The fraction of sp³-hybridized carbons (Fsp3) is 0.286. The normalized spacial score (nSPS) is 18.1. The summed E-state index contributed by atoms with van der Waals surface area (Å²) in [4.78, 5) is 40.0. The van der Waals surface area contributed by atoms with Crippen molar-refractivity contribution in [1.29, 1.82) is 0 Å². The molecule has 0 aromatic heterocycles. The van der Waals surface area contributed by atoms with Gasteiger partial charge in [-0.15, -0.1) is 0 Å². The lowest BCUT2D eigenvalue weighted by Crippen LogP contribution is -2.56. The highest BCUT2D eigenvalue weighted by Crippen LogP contribution is 2.26. The van der Waals surface area contributed by atoms with E-state index in [1.165, 1.54) is 0 Å². The standard InChI is InChI=1S/C21H21N3O4/c25-19(22-23-10-12-28-13-11-23)18(14-15-6-2-1-3-7-15)24-20(26)16-8-4-5-9-17(16)21(24)27/h1-9,18H,10-14H2,(H,22,25)/t18-/m0/s1. The molecule has 0 aliphatic carbocycles. The number of nitrogens with one attached hydrogen (secondary N) is 1. The molecule has 1 fully saturated rings. The number of hydrazine groups is 1. The third-order valence-corrected chi connectivity index (χ3v) is 4.99. The molecule has 2 heterocycles. The second-order valence-electron chi connectivity index (χ2n) is 6.81. The van der Waals surface area contributed by atoms with E-state index in [4.69, 9.17) is 4.74 Å². The molecular formula is C21H21N3O4. The molecule has 3 amide bonds. The number of imide groups is 1. The van der Waals surface area contributed by atoms with E-state index in [0.717, 1.165) is 10.5 Å². The van der Waals surface area contributed by atoms with Crippen molar-refractivity contribution in [3.63, 3.8) is 0 Å². The number of nitrogens with zero attached hydrogens (tertiary/aromatic N) is 2. The summed E-state index contributed by atoms with van der Waals surface area (Å²) in [5, 5.41) is 1.77. The lowest BCUT2D eigenvalue weighted by molar-refractivity contribution is -0.132. The third-order valence-electron chi connectivity index (χ3n) is 4.99. The van der Waals surface area contributed by atoms with Crippen LogP contribution in [0.25, 0.3) is 0 Å². The largest absolute Gasteiger partial charge is 0.379 e. The highest BCUT2D eigenvalue weighted by atomic mass is 16.5. The van der Waals surface area contributed by atoms with Crippen LogP contribution in [0.3, 0.4) is 0 Å². The molecule has 0 saturated carbocycles. The minimum Gasteiger partial charge on any atom is -0.379 e. The SMILES string of the molecule is O=C(NN1CCOCC1)[C@H](Cc1ccccc1)N1C(=O)c2ccccc2C1=O. The molecule has 144 valence electrons. The van der Waals surface area contributed by atoms with Crippen LogP contribution in [0.15, 0.2) is 54.6 Å². The number of hydrogen-bond donors (Lipinski definition) is 1. The minimum atomic E-state index is -0.933. The monoisotopic (exact) mass is 379 g/mol. The summed E-state index contributed by atoms with van der Waals surface area (Å²) < 4.78 is 5.30. The number of fused-ring (bicyclic) bond motifs is 1. The summed E-state index contributed by atoms with van der Waals surface area (Å²) in [5.41, 5.74) is 4.40. The van der Waals surface area contributed by atoms with E-state index < -0.39 is 17.9 Å². The predicted molar refractivity (Wildman–Crippen MR) is 101 cm³/mol. The number of morpholine rings is 1. The van der Waals surface area contributed by atoms with Gasteiger partial charge in [0.15, 0.2) is 0 Å². The second-order valence-corrected chi connectivity index (χ2v) is 6.81. The average Bonchev–Trinajstić information content (AvgIpc) is 2.98. The Labute approximate surface area is 162 Å². The fourth-order valence-corrected chi connectivity index (χ4v) is 3.54. The molecule has 1 atom stereocenters. The molecular weight excluding hydrogens is 358 g/mol. The van der Waals surface area contributed by atoms with Crippen LogP contribution >= 0.6 is 0 Å². The molecule has 2 aromatic rings. The van der Waals surface area contributed by atoms with Crippen LogP contribution in [0.5, 0.6) is 0 Å². The summed E-state index contributed by atoms with van der Waals surface area (Å²) in [6.07, 6.45) is 0.252. The van der Waals surface area contributed by atoms with Gasteiger partial charge >= 0.3 is 0 Å². The maximum absolute atomic E-state index is 13.1. The number of carbonyl (C=O) groups is 3. The van der Waals surface area contributed by atoms with Crippen molar-refractivity contribution in [2.75, 3.05) is 26.3 Å². The zero-order valence-corrected chi connectivity index (χ0v) is 15.3. The molecule has 7 heteroatoms. The van der Waals surface area contributed by atoms with E-state index in [1.54, 1.807) is 29.3 Å². The quantitative estimate of drug-likeness (QED) is 0.792. The van der Waals surface area contributed by atoms with Crippen LogP contribution in [-0.2, 0) is 16.0 Å². The van der Waals surface area contributed by atoms with Crippen molar-refractivity contribution >= 4 is 17.7 Å². The summed E-state index contributed by atoms with van der Waals surface area (Å²) in [5.74, 6) is -1.24. The van der Waals surface area contributed by atoms with E-state index in [0.29, 0.717) is 37.4 Å². The Morgan fingerprint density at radius 1 is 0.929 bits per heavy atom. The van der Waals surface area contributed by atoms with Crippen molar-refractivity contribution < 1.29 is 19.1 Å². The predicted octanol–water partition coefficient (Wildman–Crippen LogP) is 1.26. The van der Waals surface area contributed by atoms with Crippen molar-refractivity contribution in [2.45, 2.75) is 12.5 Å². The van der Waals surface area contributed by atoms with Gasteiger partial charge in [0.2, 0.25) is 0 Å². The molecule has 7 nitrogen and oxygen atoms in total. The Morgan fingerprint density at radius 2 is 1.50 bits per heavy atom. The molecule has 0 unspecified atom stereocenters. The van der Waals surface area contributed by atoms with Gasteiger partial charge < -0.3 is 4.74 Å². The van der Waals surface area contributed by atoms with Gasteiger partial charge in [-0.1, -0.05) is 42.5 Å². The molecule has 4 rings (SSSR count). The maximum Gasteiger partial charge on any atom is 0.262 e. The number of hydrogen-bond acceptors (Lipinski definition) is 5. The van der Waals surface area contributed by atoms with Crippen molar-refractivity contribution in [3.05, 3.63) is 71.3 Å². The molecule has 2 aromatic carbocycles.